The van der Waals surface area contributed by atoms with Crippen LogP contribution in [0.25, 0.3) is 0 Å². The molecule has 0 saturated carbocycles. The molecule has 1 aromatic rings. The second-order valence-corrected chi connectivity index (χ2v) is 6.27. The van der Waals surface area contributed by atoms with Gasteiger partial charge in [0.05, 0.1) is 7.11 Å². The summed E-state index contributed by atoms with van der Waals surface area (Å²) in [5, 5.41) is 3.52. The maximum Gasteiger partial charge on any atom is 0.161 e. The minimum atomic E-state index is 0.517. The van der Waals surface area contributed by atoms with Gasteiger partial charge in [-0.1, -0.05) is 24.3 Å². The summed E-state index contributed by atoms with van der Waals surface area (Å²) in [4.78, 5) is 0. The molecule has 3 nitrogen and oxygen atoms in total. The summed E-state index contributed by atoms with van der Waals surface area (Å²) in [6.45, 7) is 8.20. The van der Waals surface area contributed by atoms with Crippen molar-refractivity contribution in [3.8, 4) is 11.5 Å². The third-order valence-electron chi connectivity index (χ3n) is 4.04. The predicted molar refractivity (Wildman–Crippen MR) is 96.2 cm³/mol. The number of methoxy groups -OCH3 is 1. The van der Waals surface area contributed by atoms with Crippen LogP contribution in [-0.2, 0) is 6.54 Å². The minimum Gasteiger partial charge on any atom is -0.493 e. The summed E-state index contributed by atoms with van der Waals surface area (Å²) in [5.74, 6) is 1.55. The molecule has 0 fully saturated rings. The van der Waals surface area contributed by atoms with Crippen molar-refractivity contribution in [2.75, 3.05) is 20.3 Å². The highest BCUT2D eigenvalue weighted by atomic mass is 16.5. The van der Waals surface area contributed by atoms with Crippen LogP contribution in [0.1, 0.15) is 44.6 Å². The zero-order valence-electron chi connectivity index (χ0n) is 14.5. The quantitative estimate of drug-likeness (QED) is 0.532. The van der Waals surface area contributed by atoms with Crippen molar-refractivity contribution in [2.24, 2.45) is 0 Å². The van der Waals surface area contributed by atoms with Gasteiger partial charge in [0.25, 0.3) is 0 Å². The second-order valence-electron chi connectivity index (χ2n) is 6.27. The van der Waals surface area contributed by atoms with Gasteiger partial charge in [-0.3, -0.25) is 0 Å². The molecule has 1 aliphatic rings. The number of benzene rings is 1. The lowest BCUT2D eigenvalue weighted by atomic mass is 9.97. The van der Waals surface area contributed by atoms with Crippen LogP contribution in [0.4, 0.5) is 0 Å². The Labute approximate surface area is 140 Å². The van der Waals surface area contributed by atoms with E-state index in [1.807, 2.05) is 19.1 Å². The molecule has 1 N–H and O–H groups in total. The van der Waals surface area contributed by atoms with Crippen LogP contribution in [0.15, 0.2) is 42.0 Å². The van der Waals surface area contributed by atoms with Crippen molar-refractivity contribution >= 4 is 0 Å². The Kier molecular flexibility index (Phi) is 7.21. The van der Waals surface area contributed by atoms with Gasteiger partial charge in [0, 0.05) is 6.54 Å². The van der Waals surface area contributed by atoms with E-state index in [2.05, 4.69) is 24.0 Å². The Morgan fingerprint density at radius 3 is 2.83 bits per heavy atom. The molecule has 0 bridgehead atoms. The van der Waals surface area contributed by atoms with E-state index in [-0.39, 0.29) is 0 Å². The minimum absolute atomic E-state index is 0.517. The summed E-state index contributed by atoms with van der Waals surface area (Å²) in [6.07, 6.45) is 8.84. The maximum atomic E-state index is 5.70. The zero-order chi connectivity index (χ0) is 16.5. The highest BCUT2D eigenvalue weighted by Crippen LogP contribution is 2.28. The van der Waals surface area contributed by atoms with E-state index in [0.29, 0.717) is 6.61 Å². The Balaban J connectivity index is 1.80. The Hall–Kier alpha value is -1.74. The molecule has 1 aliphatic carbocycles. The van der Waals surface area contributed by atoms with Crippen LogP contribution in [0.3, 0.4) is 0 Å². The Morgan fingerprint density at radius 1 is 1.26 bits per heavy atom. The third kappa shape index (κ3) is 6.11. The van der Waals surface area contributed by atoms with Crippen LogP contribution in [-0.4, -0.2) is 20.3 Å². The van der Waals surface area contributed by atoms with Gasteiger partial charge in [0.15, 0.2) is 11.5 Å². The fourth-order valence-electron chi connectivity index (χ4n) is 2.76. The highest BCUT2D eigenvalue weighted by Gasteiger charge is 2.07. The number of allylic oxidation sites excluding steroid dienone is 1. The van der Waals surface area contributed by atoms with Gasteiger partial charge in [0.1, 0.15) is 6.61 Å². The number of hydrogen-bond acceptors (Lipinski definition) is 3. The first-order chi connectivity index (χ1) is 11.2. The molecule has 0 heterocycles. The smallest absolute Gasteiger partial charge is 0.161 e. The van der Waals surface area contributed by atoms with Crippen LogP contribution < -0.4 is 14.8 Å². The summed E-state index contributed by atoms with van der Waals surface area (Å²) >= 11 is 0. The molecule has 0 aliphatic heterocycles. The van der Waals surface area contributed by atoms with Crippen molar-refractivity contribution in [3.63, 3.8) is 0 Å². The van der Waals surface area contributed by atoms with Crippen LogP contribution in [0.2, 0.25) is 0 Å². The molecule has 0 radical (unpaired) electrons. The monoisotopic (exact) mass is 315 g/mol. The molecule has 0 aromatic heterocycles. The number of hydrogen-bond donors (Lipinski definition) is 1. The van der Waals surface area contributed by atoms with E-state index in [9.17, 15) is 0 Å². The molecule has 0 spiro atoms. The Bertz CT molecular complexity index is 549. The molecular formula is C20H29NO2. The SMILES string of the molecule is C=C(C)COc1ccc(CNCCC2=CCCCC2)cc1OC. The molecule has 126 valence electrons. The fraction of sp³-hybridized carbons (Fsp3) is 0.500. The van der Waals surface area contributed by atoms with Gasteiger partial charge in [-0.05, 0) is 68.8 Å². The summed E-state index contributed by atoms with van der Waals surface area (Å²) in [5.41, 5.74) is 3.82. The lowest BCUT2D eigenvalue weighted by Gasteiger charge is -2.14. The summed E-state index contributed by atoms with van der Waals surface area (Å²) in [7, 11) is 1.68. The van der Waals surface area contributed by atoms with Gasteiger partial charge in [-0.15, -0.1) is 0 Å². The van der Waals surface area contributed by atoms with Crippen molar-refractivity contribution in [3.05, 3.63) is 47.6 Å². The number of rotatable bonds is 9. The van der Waals surface area contributed by atoms with Crippen molar-refractivity contribution in [1.29, 1.82) is 0 Å². The van der Waals surface area contributed by atoms with E-state index in [1.54, 1.807) is 12.7 Å². The molecule has 3 heteroatoms. The maximum absolute atomic E-state index is 5.70. The first kappa shape index (κ1) is 17.6. The first-order valence-electron chi connectivity index (χ1n) is 8.52. The van der Waals surface area contributed by atoms with Crippen molar-refractivity contribution in [1.82, 2.24) is 5.32 Å². The lowest BCUT2D eigenvalue weighted by Crippen LogP contribution is -2.15. The van der Waals surface area contributed by atoms with Crippen LogP contribution >= 0.6 is 0 Å². The third-order valence-corrected chi connectivity index (χ3v) is 4.04. The normalized spacial score (nSPS) is 14.3. The fourth-order valence-corrected chi connectivity index (χ4v) is 2.76. The molecule has 0 saturated heterocycles. The van der Waals surface area contributed by atoms with E-state index < -0.39 is 0 Å². The van der Waals surface area contributed by atoms with Crippen LogP contribution in [0.5, 0.6) is 11.5 Å². The topological polar surface area (TPSA) is 30.5 Å². The molecule has 23 heavy (non-hydrogen) atoms. The average molecular weight is 315 g/mol. The lowest BCUT2D eigenvalue weighted by molar-refractivity contribution is 0.319. The number of ether oxygens (including phenoxy) is 2. The van der Waals surface area contributed by atoms with Gasteiger partial charge in [-0.25, -0.2) is 0 Å². The largest absolute Gasteiger partial charge is 0.493 e. The predicted octanol–water partition coefficient (Wildman–Crippen LogP) is 4.63. The molecule has 0 unspecified atom stereocenters. The van der Waals surface area contributed by atoms with Crippen molar-refractivity contribution in [2.45, 2.75) is 45.6 Å². The van der Waals surface area contributed by atoms with E-state index in [4.69, 9.17) is 9.47 Å². The standard InChI is InChI=1S/C20H29NO2/c1-16(2)15-23-19-10-9-18(13-20(19)22-3)14-21-12-11-17-7-5-4-6-8-17/h7,9-10,13,21H,1,4-6,8,11-12,14-15H2,2-3H3. The molecule has 0 atom stereocenters. The zero-order valence-corrected chi connectivity index (χ0v) is 14.5. The first-order valence-corrected chi connectivity index (χ1v) is 8.52. The molecular weight excluding hydrogens is 286 g/mol. The van der Waals surface area contributed by atoms with Gasteiger partial charge >= 0.3 is 0 Å². The summed E-state index contributed by atoms with van der Waals surface area (Å²) < 4.78 is 11.1. The van der Waals surface area contributed by atoms with E-state index >= 15 is 0 Å². The second kappa shape index (κ2) is 9.41. The summed E-state index contributed by atoms with van der Waals surface area (Å²) in [6, 6.07) is 6.10. The van der Waals surface area contributed by atoms with Crippen molar-refractivity contribution < 1.29 is 9.47 Å². The van der Waals surface area contributed by atoms with Crippen LogP contribution in [0, 0.1) is 0 Å². The van der Waals surface area contributed by atoms with Gasteiger partial charge in [-0.2, -0.15) is 0 Å². The van der Waals surface area contributed by atoms with Gasteiger partial charge in [0.2, 0.25) is 0 Å². The average Bonchev–Trinajstić information content (AvgIpc) is 2.58. The molecule has 2 rings (SSSR count). The molecule has 0 amide bonds. The highest BCUT2D eigenvalue weighted by molar-refractivity contribution is 5.43. The van der Waals surface area contributed by atoms with E-state index in [1.165, 1.54) is 31.2 Å². The number of nitrogens with one attached hydrogen (secondary N) is 1. The van der Waals surface area contributed by atoms with Gasteiger partial charge < -0.3 is 14.8 Å². The van der Waals surface area contributed by atoms with E-state index in [0.717, 1.165) is 36.6 Å². The Morgan fingerprint density at radius 2 is 2.13 bits per heavy atom. The molecule has 1 aromatic carbocycles.